The van der Waals surface area contributed by atoms with Gasteiger partial charge in [0.25, 0.3) is 0 Å². The molecule has 0 fully saturated rings. The van der Waals surface area contributed by atoms with Gasteiger partial charge in [0.1, 0.15) is 0 Å². The molecule has 4 aromatic rings. The van der Waals surface area contributed by atoms with Crippen LogP contribution in [0.5, 0.6) is 0 Å². The maximum absolute atomic E-state index is 4.19. The van der Waals surface area contributed by atoms with E-state index in [1.54, 1.807) is 0 Å². The summed E-state index contributed by atoms with van der Waals surface area (Å²) >= 11 is 3.43. The van der Waals surface area contributed by atoms with Crippen LogP contribution in [0.3, 0.4) is 0 Å². The Kier molecular flexibility index (Phi) is 8.48. The van der Waals surface area contributed by atoms with Crippen molar-refractivity contribution >= 4 is 33.6 Å². The van der Waals surface area contributed by atoms with E-state index in [-0.39, 0.29) is 0 Å². The lowest BCUT2D eigenvalue weighted by Gasteiger charge is -2.12. The molecule has 0 unspecified atom stereocenters. The van der Waals surface area contributed by atoms with Gasteiger partial charge >= 0.3 is 0 Å². The normalized spacial score (nSPS) is 10.3. The monoisotopic (exact) mass is 470 g/mol. The van der Waals surface area contributed by atoms with Gasteiger partial charge in [0.15, 0.2) is 0 Å². The Bertz CT molecular complexity index is 1020. The third-order valence-electron chi connectivity index (χ3n) is 5.17. The topological polar surface area (TPSA) is 17.8 Å². The molecule has 0 aliphatic carbocycles. The highest BCUT2D eigenvalue weighted by Crippen LogP contribution is 2.20. The smallest absolute Gasteiger partial charge is 0.213 e. The second-order valence-electron chi connectivity index (χ2n) is 7.72. The summed E-state index contributed by atoms with van der Waals surface area (Å²) in [5.41, 5.74) is 5.10. The van der Waals surface area contributed by atoms with Crippen LogP contribution >= 0.6 is 15.9 Å². The minimum atomic E-state index is 0.430. The average molecular weight is 471 g/mol. The van der Waals surface area contributed by atoms with Crippen LogP contribution in [-0.2, 0) is 0 Å². The number of halogens is 1. The van der Waals surface area contributed by atoms with Crippen LogP contribution < -0.4 is 10.9 Å². The summed E-state index contributed by atoms with van der Waals surface area (Å²) in [6, 6.07) is 29.4. The second-order valence-corrected chi connectivity index (χ2v) is 8.63. The van der Waals surface area contributed by atoms with Gasteiger partial charge in [0, 0.05) is 22.1 Å². The highest BCUT2D eigenvalue weighted by Gasteiger charge is 2.16. The fraction of sp³-hybridized carbons (Fsp3) is 0.148. The van der Waals surface area contributed by atoms with Crippen molar-refractivity contribution in [3.8, 4) is 5.69 Å². The van der Waals surface area contributed by atoms with Gasteiger partial charge in [-0.15, -0.1) is 6.58 Å². The predicted molar refractivity (Wildman–Crippen MR) is 138 cm³/mol. The first kappa shape index (κ1) is 22.8. The molecule has 156 valence electrons. The molecule has 0 aliphatic rings. The van der Waals surface area contributed by atoms with Gasteiger partial charge < -0.3 is 4.57 Å². The van der Waals surface area contributed by atoms with Crippen molar-refractivity contribution in [1.29, 1.82) is 0 Å². The van der Waals surface area contributed by atoms with Crippen molar-refractivity contribution in [2.24, 2.45) is 0 Å². The Morgan fingerprint density at radius 2 is 1.45 bits per heavy atom. The number of hydrogen-bond donors (Lipinski definition) is 0. The van der Waals surface area contributed by atoms with Crippen LogP contribution in [0.4, 0.5) is 0 Å². The van der Waals surface area contributed by atoms with E-state index in [9.17, 15) is 0 Å². The number of rotatable bonds is 6. The molecule has 0 N–H and O–H groups in total. The number of aromatic nitrogens is 2. The quantitative estimate of drug-likeness (QED) is 0.241. The minimum Gasteiger partial charge on any atom is -0.303 e. The summed E-state index contributed by atoms with van der Waals surface area (Å²) in [7, 11) is 0. The second kappa shape index (κ2) is 11.5. The van der Waals surface area contributed by atoms with Gasteiger partial charge in [-0.25, -0.2) is 4.98 Å². The zero-order chi connectivity index (χ0) is 22.1. The lowest BCUT2D eigenvalue weighted by molar-refractivity contribution is 0.787. The molecule has 31 heavy (non-hydrogen) atoms. The molecule has 0 amide bonds. The number of imidazole rings is 1. The molecule has 2 nitrogen and oxygen atoms in total. The number of benzene rings is 3. The Labute approximate surface area is 194 Å². The van der Waals surface area contributed by atoms with E-state index in [0.29, 0.717) is 12.6 Å². The summed E-state index contributed by atoms with van der Waals surface area (Å²) in [6.07, 6.45) is 6.75. The molecule has 1 heterocycles. The van der Waals surface area contributed by atoms with Gasteiger partial charge in [-0.3, -0.25) is 0 Å². The first-order valence-electron chi connectivity index (χ1n) is 10.6. The van der Waals surface area contributed by atoms with Crippen molar-refractivity contribution in [2.45, 2.75) is 26.1 Å². The zero-order valence-corrected chi connectivity index (χ0v) is 19.7. The summed E-state index contributed by atoms with van der Waals surface area (Å²) in [5, 5.41) is 0. The third kappa shape index (κ3) is 6.32. The lowest BCUT2D eigenvalue weighted by Crippen LogP contribution is -2.41. The van der Waals surface area contributed by atoms with Gasteiger partial charge in [0.05, 0.1) is 6.33 Å². The lowest BCUT2D eigenvalue weighted by atomic mass is 9.39. The van der Waals surface area contributed by atoms with E-state index in [1.807, 2.05) is 30.7 Å². The highest BCUT2D eigenvalue weighted by molar-refractivity contribution is 9.10. The standard InChI is InChI=1S/C15H15B.C12H13BrN2/c1-2-13-16(14-9-5-3-6-10-14)15-11-7-4-8-12-15;1-9(2)12-7-14-8-15(12)11-5-3-10(13)4-6-11/h2-12H,1,13H2;3-9H,1-2H3. The number of hydrogen-bond acceptors (Lipinski definition) is 1. The Morgan fingerprint density at radius 3 is 1.94 bits per heavy atom. The maximum Gasteiger partial charge on any atom is 0.213 e. The Hall–Kier alpha value is -2.85. The molecule has 0 saturated heterocycles. The Morgan fingerprint density at radius 1 is 0.903 bits per heavy atom. The van der Waals surface area contributed by atoms with Crippen LogP contribution in [0.25, 0.3) is 5.69 Å². The number of nitrogens with zero attached hydrogens (tertiary/aromatic N) is 2. The van der Waals surface area contributed by atoms with Crippen LogP contribution in [-0.4, -0.2) is 16.3 Å². The van der Waals surface area contributed by atoms with Crippen LogP contribution in [0.15, 0.2) is 115 Å². The van der Waals surface area contributed by atoms with E-state index in [0.717, 1.165) is 16.5 Å². The molecule has 0 radical (unpaired) electrons. The van der Waals surface area contributed by atoms with Gasteiger partial charge in [-0.1, -0.05) is 107 Å². The van der Waals surface area contributed by atoms with E-state index in [2.05, 4.69) is 119 Å². The summed E-state index contributed by atoms with van der Waals surface area (Å²) in [5.74, 6) is 0.483. The Balaban J connectivity index is 0.000000176. The molecule has 4 rings (SSSR count). The molecular weight excluding hydrogens is 443 g/mol. The molecule has 1 aromatic heterocycles. The molecule has 0 atom stereocenters. The van der Waals surface area contributed by atoms with Crippen molar-refractivity contribution < 1.29 is 0 Å². The first-order valence-corrected chi connectivity index (χ1v) is 11.4. The minimum absolute atomic E-state index is 0.430. The van der Waals surface area contributed by atoms with Crippen molar-refractivity contribution in [1.82, 2.24) is 9.55 Å². The van der Waals surface area contributed by atoms with Crippen molar-refractivity contribution in [3.05, 3.63) is 120 Å². The van der Waals surface area contributed by atoms with E-state index < -0.39 is 0 Å². The molecule has 0 bridgehead atoms. The third-order valence-corrected chi connectivity index (χ3v) is 5.70. The maximum atomic E-state index is 4.19. The largest absolute Gasteiger partial charge is 0.303 e. The SMILES string of the molecule is C=CCB(c1ccccc1)c1ccccc1.CC(C)c1cncn1-c1ccc(Br)cc1. The van der Waals surface area contributed by atoms with E-state index in [1.165, 1.54) is 16.6 Å². The van der Waals surface area contributed by atoms with Crippen LogP contribution in [0, 0.1) is 0 Å². The van der Waals surface area contributed by atoms with Crippen molar-refractivity contribution in [2.75, 3.05) is 0 Å². The van der Waals surface area contributed by atoms with Crippen LogP contribution in [0.1, 0.15) is 25.5 Å². The fourth-order valence-corrected chi connectivity index (χ4v) is 3.82. The van der Waals surface area contributed by atoms with Gasteiger partial charge in [-0.05, 0) is 36.5 Å². The summed E-state index contributed by atoms with van der Waals surface area (Å²) in [4.78, 5) is 4.19. The summed E-state index contributed by atoms with van der Waals surface area (Å²) < 4.78 is 3.22. The summed E-state index contributed by atoms with van der Waals surface area (Å²) in [6.45, 7) is 8.63. The molecule has 4 heteroatoms. The zero-order valence-electron chi connectivity index (χ0n) is 18.2. The highest BCUT2D eigenvalue weighted by atomic mass is 79.9. The first-order chi connectivity index (χ1) is 15.1. The molecule has 3 aromatic carbocycles. The number of allylic oxidation sites excluding steroid dienone is 1. The molecule has 0 aliphatic heterocycles. The average Bonchev–Trinajstić information content (AvgIpc) is 3.30. The molecular formula is C27H28BBrN2. The van der Waals surface area contributed by atoms with Crippen LogP contribution in [0.2, 0.25) is 6.32 Å². The predicted octanol–water partition coefficient (Wildman–Crippen LogP) is 6.24. The van der Waals surface area contributed by atoms with Gasteiger partial charge in [0.2, 0.25) is 6.71 Å². The van der Waals surface area contributed by atoms with Gasteiger partial charge in [-0.2, -0.15) is 0 Å². The van der Waals surface area contributed by atoms with Crippen molar-refractivity contribution in [3.63, 3.8) is 0 Å². The van der Waals surface area contributed by atoms with E-state index >= 15 is 0 Å². The molecule has 0 saturated carbocycles. The fourth-order valence-electron chi connectivity index (χ4n) is 3.55. The van der Waals surface area contributed by atoms with E-state index in [4.69, 9.17) is 0 Å². The molecule has 0 spiro atoms.